The molecule has 2 aliphatic heterocycles. The van der Waals surface area contributed by atoms with E-state index in [0.29, 0.717) is 131 Å². The highest BCUT2D eigenvalue weighted by Gasteiger charge is 2.32. The minimum absolute atomic E-state index is 0.0427. The second-order valence-corrected chi connectivity index (χ2v) is 11.2. The Balaban J connectivity index is 1.16. The lowest BCUT2D eigenvalue weighted by atomic mass is 10.3. The first-order valence-corrected chi connectivity index (χ1v) is 18.0. The monoisotopic (exact) mass is 777 g/mol. The van der Waals surface area contributed by atoms with E-state index < -0.39 is 29.6 Å². The number of nitrogens with zero attached hydrogens (tertiary/aromatic N) is 2. The Morgan fingerprint density at radius 3 is 1.19 bits per heavy atom. The molecule has 0 unspecified atom stereocenters. The van der Waals surface area contributed by atoms with Crippen LogP contribution in [0.4, 0.5) is 0 Å². The molecule has 54 heavy (non-hydrogen) atoms. The van der Waals surface area contributed by atoms with Gasteiger partial charge in [0.15, 0.2) is 0 Å². The van der Waals surface area contributed by atoms with Crippen LogP contribution in [0, 0.1) is 0 Å². The number of hydroxylamine groups is 2. The van der Waals surface area contributed by atoms with Gasteiger partial charge in [-0.1, -0.05) is 0 Å². The van der Waals surface area contributed by atoms with Crippen LogP contribution >= 0.6 is 0 Å². The summed E-state index contributed by atoms with van der Waals surface area (Å²) in [5, 5.41) is 3.18. The Hall–Kier alpha value is -3.44. The van der Waals surface area contributed by atoms with Crippen LogP contribution in [0.3, 0.4) is 0 Å². The SMILES string of the molecule is O=C(CCN1C(=O)C=CC1=O)NCCOCCOCCOCCOCCOCCOCCOCCOCCOCCOCCC(=O)ON1C(=O)CCC1=O. The van der Waals surface area contributed by atoms with Crippen LogP contribution in [0.2, 0.25) is 0 Å². The zero-order valence-corrected chi connectivity index (χ0v) is 30.9. The Morgan fingerprint density at radius 1 is 0.481 bits per heavy atom. The Kier molecular flexibility index (Phi) is 27.6. The second-order valence-electron chi connectivity index (χ2n) is 11.2. The topological polar surface area (TPSA) is 222 Å². The quantitative estimate of drug-likeness (QED) is 0.0565. The van der Waals surface area contributed by atoms with E-state index in [1.807, 2.05) is 0 Å². The van der Waals surface area contributed by atoms with Crippen LogP contribution in [-0.4, -0.2) is 191 Å². The third-order valence-electron chi connectivity index (χ3n) is 7.03. The molecule has 1 fully saturated rings. The molecule has 5 amide bonds. The zero-order valence-electron chi connectivity index (χ0n) is 30.9. The summed E-state index contributed by atoms with van der Waals surface area (Å²) in [6.45, 7) is 8.17. The van der Waals surface area contributed by atoms with Gasteiger partial charge in [-0.15, -0.1) is 5.06 Å². The van der Waals surface area contributed by atoms with Crippen molar-refractivity contribution in [2.45, 2.75) is 25.7 Å². The van der Waals surface area contributed by atoms with Crippen molar-refractivity contribution in [3.8, 4) is 0 Å². The van der Waals surface area contributed by atoms with Crippen molar-refractivity contribution in [1.82, 2.24) is 15.3 Å². The minimum Gasteiger partial charge on any atom is -0.378 e. The summed E-state index contributed by atoms with van der Waals surface area (Å²) in [5.74, 6) is -2.82. The Morgan fingerprint density at radius 2 is 0.815 bits per heavy atom. The van der Waals surface area contributed by atoms with E-state index in [1.54, 1.807) is 0 Å². The average Bonchev–Trinajstić information content (AvgIpc) is 3.66. The number of hydrogen-bond acceptors (Lipinski definition) is 17. The van der Waals surface area contributed by atoms with Gasteiger partial charge in [-0.25, -0.2) is 4.79 Å². The van der Waals surface area contributed by atoms with E-state index in [9.17, 15) is 28.8 Å². The molecule has 0 aromatic heterocycles. The molecule has 1 N–H and O–H groups in total. The van der Waals surface area contributed by atoms with Gasteiger partial charge in [-0.3, -0.25) is 28.9 Å². The molecule has 0 aliphatic carbocycles. The van der Waals surface area contributed by atoms with Crippen LogP contribution in [-0.2, 0) is 81.0 Å². The van der Waals surface area contributed by atoms with E-state index >= 15 is 0 Å². The van der Waals surface area contributed by atoms with Crippen molar-refractivity contribution in [3.05, 3.63) is 12.2 Å². The van der Waals surface area contributed by atoms with Crippen LogP contribution in [0.25, 0.3) is 0 Å². The number of carbonyl (C=O) groups is 6. The number of ether oxygens (including phenoxy) is 10. The summed E-state index contributed by atoms with van der Waals surface area (Å²) in [4.78, 5) is 74.9. The molecule has 1 saturated heterocycles. The summed E-state index contributed by atoms with van der Waals surface area (Å²) in [5.41, 5.74) is 0. The fourth-order valence-electron chi connectivity index (χ4n) is 4.26. The zero-order chi connectivity index (χ0) is 38.9. The smallest absolute Gasteiger partial charge is 0.335 e. The number of rotatable bonds is 37. The average molecular weight is 778 g/mol. The van der Waals surface area contributed by atoms with Gasteiger partial charge in [0.05, 0.1) is 139 Å². The minimum atomic E-state index is -0.708. The molecule has 0 radical (unpaired) electrons. The van der Waals surface area contributed by atoms with Crippen LogP contribution in [0.1, 0.15) is 25.7 Å². The molecule has 2 heterocycles. The van der Waals surface area contributed by atoms with Gasteiger partial charge in [-0.2, -0.15) is 0 Å². The number of amides is 5. The second kappa shape index (κ2) is 31.9. The Bertz CT molecular complexity index is 1090. The van der Waals surface area contributed by atoms with E-state index in [2.05, 4.69) is 5.32 Å². The highest BCUT2D eigenvalue weighted by molar-refractivity contribution is 6.13. The Labute approximate surface area is 314 Å². The lowest BCUT2D eigenvalue weighted by Crippen LogP contribution is -2.35. The van der Waals surface area contributed by atoms with Crippen LogP contribution < -0.4 is 5.32 Å². The lowest BCUT2D eigenvalue weighted by molar-refractivity contribution is -0.198. The van der Waals surface area contributed by atoms with E-state index in [4.69, 9.17) is 52.2 Å². The first-order chi connectivity index (χ1) is 26.4. The fraction of sp³-hybridized carbons (Fsp3) is 0.765. The maximum Gasteiger partial charge on any atom is 0.335 e. The van der Waals surface area contributed by atoms with Crippen molar-refractivity contribution in [2.24, 2.45) is 0 Å². The summed E-state index contributed by atoms with van der Waals surface area (Å²) in [6.07, 6.45) is 2.43. The predicted octanol–water partition coefficient (Wildman–Crippen LogP) is -1.42. The van der Waals surface area contributed by atoms with Gasteiger partial charge in [0.25, 0.3) is 23.6 Å². The molecule has 2 aliphatic rings. The third kappa shape index (κ3) is 24.1. The third-order valence-corrected chi connectivity index (χ3v) is 7.03. The molecule has 0 saturated carbocycles. The standard InChI is InChI=1S/C34H55N3O17/c38-29(5-8-36-30(39)1-2-31(36)40)35-7-10-45-12-14-47-16-18-49-20-22-51-24-26-53-28-27-52-25-23-50-21-19-48-17-15-46-13-11-44-9-6-34(43)54-37-32(41)3-4-33(37)42/h1-2H,3-28H2,(H,35,38). The van der Waals surface area contributed by atoms with Crippen LogP contribution in [0.15, 0.2) is 12.2 Å². The molecular formula is C34H55N3O17. The van der Waals surface area contributed by atoms with Crippen molar-refractivity contribution in [1.29, 1.82) is 0 Å². The summed E-state index contributed by atoms with van der Waals surface area (Å²) < 4.78 is 54.1. The fourth-order valence-corrected chi connectivity index (χ4v) is 4.26. The molecule has 0 aromatic rings. The summed E-state index contributed by atoms with van der Waals surface area (Å²) in [6, 6.07) is 0. The van der Waals surface area contributed by atoms with E-state index in [0.717, 1.165) is 4.90 Å². The molecule has 20 heteroatoms. The van der Waals surface area contributed by atoms with Gasteiger partial charge in [0.2, 0.25) is 5.91 Å². The number of hydrogen-bond donors (Lipinski definition) is 1. The predicted molar refractivity (Wildman–Crippen MR) is 183 cm³/mol. The van der Waals surface area contributed by atoms with Crippen molar-refractivity contribution in [2.75, 3.05) is 145 Å². The van der Waals surface area contributed by atoms with E-state index in [-0.39, 0.29) is 51.3 Å². The molecule has 2 rings (SSSR count). The molecule has 308 valence electrons. The largest absolute Gasteiger partial charge is 0.378 e. The molecule has 0 atom stereocenters. The first kappa shape index (κ1) is 46.7. The number of carbonyl (C=O) groups excluding carboxylic acids is 6. The highest BCUT2D eigenvalue weighted by Crippen LogP contribution is 2.12. The van der Waals surface area contributed by atoms with Gasteiger partial charge in [0, 0.05) is 44.5 Å². The molecule has 20 nitrogen and oxygen atoms in total. The molecule has 0 bridgehead atoms. The van der Waals surface area contributed by atoms with E-state index in [1.165, 1.54) is 12.2 Å². The van der Waals surface area contributed by atoms with Crippen molar-refractivity contribution in [3.63, 3.8) is 0 Å². The highest BCUT2D eigenvalue weighted by atomic mass is 16.7. The summed E-state index contributed by atoms with van der Waals surface area (Å²) >= 11 is 0. The van der Waals surface area contributed by atoms with Crippen molar-refractivity contribution >= 4 is 35.5 Å². The number of nitrogens with one attached hydrogen (secondary N) is 1. The molecule has 0 spiro atoms. The normalized spacial score (nSPS) is 14.2. The number of imide groups is 2. The van der Waals surface area contributed by atoms with Gasteiger partial charge in [-0.05, 0) is 0 Å². The maximum absolute atomic E-state index is 11.8. The van der Waals surface area contributed by atoms with Crippen LogP contribution in [0.5, 0.6) is 0 Å². The lowest BCUT2D eigenvalue weighted by Gasteiger charge is -2.13. The molecule has 0 aromatic carbocycles. The van der Waals surface area contributed by atoms with Gasteiger partial charge >= 0.3 is 5.97 Å². The van der Waals surface area contributed by atoms with Crippen molar-refractivity contribution < 1.29 is 81.0 Å². The maximum atomic E-state index is 11.8. The summed E-state index contributed by atoms with van der Waals surface area (Å²) in [7, 11) is 0. The first-order valence-electron chi connectivity index (χ1n) is 18.0. The molecular weight excluding hydrogens is 722 g/mol. The van der Waals surface area contributed by atoms with Gasteiger partial charge < -0.3 is 57.5 Å². The van der Waals surface area contributed by atoms with Gasteiger partial charge in [0.1, 0.15) is 0 Å².